The molecule has 2 aromatic carbocycles. The van der Waals surface area contributed by atoms with Crippen LogP contribution in [-0.2, 0) is 11.8 Å². The molecule has 0 aliphatic rings. The molecule has 0 saturated carbocycles. The Bertz CT molecular complexity index is 970. The van der Waals surface area contributed by atoms with Crippen molar-refractivity contribution < 1.29 is 9.53 Å². The van der Waals surface area contributed by atoms with E-state index in [2.05, 4.69) is 36.3 Å². The van der Waals surface area contributed by atoms with E-state index >= 15 is 0 Å². The number of hydrogen-bond donors (Lipinski definition) is 1. The van der Waals surface area contributed by atoms with E-state index in [1.807, 2.05) is 60.3 Å². The molecule has 0 spiro atoms. The van der Waals surface area contributed by atoms with Crippen molar-refractivity contribution >= 4 is 12.0 Å². The van der Waals surface area contributed by atoms with Gasteiger partial charge in [0, 0.05) is 25.5 Å². The van der Waals surface area contributed by atoms with E-state index in [-0.39, 0.29) is 11.9 Å². The predicted octanol–water partition coefficient (Wildman–Crippen LogP) is 4.47. The molecule has 5 heteroatoms. The lowest BCUT2D eigenvalue weighted by atomic mass is 10.0. The summed E-state index contributed by atoms with van der Waals surface area (Å²) in [6, 6.07) is 15.5. The third-order valence-electron chi connectivity index (χ3n) is 4.88. The number of hydrogen-bond acceptors (Lipinski definition) is 3. The minimum atomic E-state index is -0.360. The van der Waals surface area contributed by atoms with E-state index in [0.29, 0.717) is 5.92 Å². The molecule has 0 radical (unpaired) electrons. The molecule has 1 unspecified atom stereocenters. The Kier molecular flexibility index (Phi) is 6.50. The number of imidazole rings is 1. The first-order valence-electron chi connectivity index (χ1n) is 9.67. The van der Waals surface area contributed by atoms with Crippen LogP contribution in [0.4, 0.5) is 0 Å². The second kappa shape index (κ2) is 9.24. The molecule has 1 atom stereocenters. The molecular weight excluding hydrogens is 362 g/mol. The number of nitrogens with zero attached hydrogens (tertiary/aromatic N) is 2. The largest absolute Gasteiger partial charge is 0.497 e. The summed E-state index contributed by atoms with van der Waals surface area (Å²) in [5.41, 5.74) is 3.20. The highest BCUT2D eigenvalue weighted by atomic mass is 16.5. The van der Waals surface area contributed by atoms with Gasteiger partial charge in [0.05, 0.1) is 7.11 Å². The van der Waals surface area contributed by atoms with Crippen LogP contribution in [0.25, 0.3) is 6.08 Å². The van der Waals surface area contributed by atoms with Gasteiger partial charge in [-0.25, -0.2) is 4.98 Å². The van der Waals surface area contributed by atoms with Crippen molar-refractivity contribution in [2.24, 2.45) is 7.05 Å². The van der Waals surface area contributed by atoms with Crippen molar-refractivity contribution in [1.29, 1.82) is 0 Å². The second-order valence-electron chi connectivity index (χ2n) is 7.27. The van der Waals surface area contributed by atoms with Crippen LogP contribution in [0.5, 0.6) is 5.75 Å². The van der Waals surface area contributed by atoms with Crippen LogP contribution < -0.4 is 10.1 Å². The standard InChI is InChI=1S/C24H27N3O2/c1-17(2)19-8-5-18(6-9-19)7-14-22(28)26-23(24-25-15-16-27(24)3)20-10-12-21(29-4)13-11-20/h5-17,23H,1-4H3,(H,26,28)/b14-7+. The molecule has 0 bridgehead atoms. The summed E-state index contributed by atoms with van der Waals surface area (Å²) in [6.07, 6.45) is 6.97. The summed E-state index contributed by atoms with van der Waals surface area (Å²) in [5, 5.41) is 3.06. The Morgan fingerprint density at radius 3 is 2.28 bits per heavy atom. The number of aryl methyl sites for hydroxylation is 1. The lowest BCUT2D eigenvalue weighted by Gasteiger charge is -2.18. The maximum absolute atomic E-state index is 12.6. The first-order valence-corrected chi connectivity index (χ1v) is 9.67. The molecule has 0 aliphatic heterocycles. The van der Waals surface area contributed by atoms with Crippen LogP contribution in [0.2, 0.25) is 0 Å². The van der Waals surface area contributed by atoms with E-state index in [0.717, 1.165) is 22.7 Å². The molecule has 5 nitrogen and oxygen atoms in total. The zero-order chi connectivity index (χ0) is 20.8. The number of carbonyl (C=O) groups excluding carboxylic acids is 1. The van der Waals surface area contributed by atoms with Gasteiger partial charge >= 0.3 is 0 Å². The maximum Gasteiger partial charge on any atom is 0.244 e. The van der Waals surface area contributed by atoms with Crippen molar-refractivity contribution in [2.45, 2.75) is 25.8 Å². The van der Waals surface area contributed by atoms with Crippen LogP contribution in [0, 0.1) is 0 Å². The van der Waals surface area contributed by atoms with Crippen molar-refractivity contribution in [3.05, 3.63) is 89.5 Å². The fourth-order valence-corrected chi connectivity index (χ4v) is 3.10. The predicted molar refractivity (Wildman–Crippen MR) is 116 cm³/mol. The van der Waals surface area contributed by atoms with Gasteiger partial charge in [-0.05, 0) is 40.8 Å². The van der Waals surface area contributed by atoms with Crippen LogP contribution in [0.15, 0.2) is 67.0 Å². The van der Waals surface area contributed by atoms with Gasteiger partial charge in [-0.3, -0.25) is 4.79 Å². The number of amides is 1. The molecule has 3 rings (SSSR count). The molecule has 1 N–H and O–H groups in total. The highest BCUT2D eigenvalue weighted by molar-refractivity contribution is 5.92. The fourth-order valence-electron chi connectivity index (χ4n) is 3.10. The SMILES string of the molecule is COc1ccc(C(NC(=O)/C=C/c2ccc(C(C)C)cc2)c2nccn2C)cc1. The average molecular weight is 389 g/mol. The van der Waals surface area contributed by atoms with Gasteiger partial charge in [-0.1, -0.05) is 50.2 Å². The smallest absolute Gasteiger partial charge is 0.244 e. The van der Waals surface area contributed by atoms with Gasteiger partial charge in [0.2, 0.25) is 5.91 Å². The average Bonchev–Trinajstić information content (AvgIpc) is 3.16. The summed E-state index contributed by atoms with van der Waals surface area (Å²) >= 11 is 0. The second-order valence-corrected chi connectivity index (χ2v) is 7.27. The molecule has 0 saturated heterocycles. The topological polar surface area (TPSA) is 56.1 Å². The normalized spacial score (nSPS) is 12.3. The van der Waals surface area contributed by atoms with Gasteiger partial charge in [0.1, 0.15) is 17.6 Å². The first kappa shape index (κ1) is 20.4. The Hall–Kier alpha value is -3.34. The van der Waals surface area contributed by atoms with Gasteiger partial charge in [-0.2, -0.15) is 0 Å². The summed E-state index contributed by atoms with van der Waals surface area (Å²) in [6.45, 7) is 4.32. The summed E-state index contributed by atoms with van der Waals surface area (Å²) in [5.74, 6) is 1.84. The Morgan fingerprint density at radius 2 is 1.72 bits per heavy atom. The van der Waals surface area contributed by atoms with Crippen molar-refractivity contribution in [2.75, 3.05) is 7.11 Å². The quantitative estimate of drug-likeness (QED) is 0.607. The maximum atomic E-state index is 12.6. The lowest BCUT2D eigenvalue weighted by Crippen LogP contribution is -2.29. The molecule has 150 valence electrons. The number of rotatable bonds is 7. The van der Waals surface area contributed by atoms with E-state index in [1.165, 1.54) is 5.56 Å². The Morgan fingerprint density at radius 1 is 1.07 bits per heavy atom. The number of aromatic nitrogens is 2. The zero-order valence-corrected chi connectivity index (χ0v) is 17.3. The number of ether oxygens (including phenoxy) is 1. The highest BCUT2D eigenvalue weighted by Crippen LogP contribution is 2.23. The minimum Gasteiger partial charge on any atom is -0.497 e. The van der Waals surface area contributed by atoms with Crippen LogP contribution in [0.1, 0.15) is 48.3 Å². The number of methoxy groups -OCH3 is 1. The van der Waals surface area contributed by atoms with Crippen molar-refractivity contribution in [3.63, 3.8) is 0 Å². The summed E-state index contributed by atoms with van der Waals surface area (Å²) < 4.78 is 7.14. The van der Waals surface area contributed by atoms with E-state index in [1.54, 1.807) is 19.4 Å². The Balaban J connectivity index is 1.78. The third kappa shape index (κ3) is 5.13. The fraction of sp³-hybridized carbons (Fsp3) is 0.250. The number of carbonyl (C=O) groups is 1. The minimum absolute atomic E-state index is 0.179. The first-order chi connectivity index (χ1) is 14.0. The van der Waals surface area contributed by atoms with Gasteiger partial charge in [0.25, 0.3) is 0 Å². The molecule has 1 amide bonds. The lowest BCUT2D eigenvalue weighted by molar-refractivity contribution is -0.117. The van der Waals surface area contributed by atoms with E-state index < -0.39 is 0 Å². The van der Waals surface area contributed by atoms with Crippen molar-refractivity contribution in [1.82, 2.24) is 14.9 Å². The highest BCUT2D eigenvalue weighted by Gasteiger charge is 2.20. The molecule has 1 aromatic heterocycles. The Labute approximate surface area is 172 Å². The summed E-state index contributed by atoms with van der Waals surface area (Å²) in [4.78, 5) is 17.1. The summed E-state index contributed by atoms with van der Waals surface area (Å²) in [7, 11) is 3.54. The third-order valence-corrected chi connectivity index (χ3v) is 4.88. The van der Waals surface area contributed by atoms with E-state index in [4.69, 9.17) is 4.74 Å². The van der Waals surface area contributed by atoms with Gasteiger partial charge in [-0.15, -0.1) is 0 Å². The van der Waals surface area contributed by atoms with Crippen LogP contribution in [0.3, 0.4) is 0 Å². The molecule has 29 heavy (non-hydrogen) atoms. The molecule has 1 heterocycles. The van der Waals surface area contributed by atoms with E-state index in [9.17, 15) is 4.79 Å². The molecule has 0 aliphatic carbocycles. The molecule has 3 aromatic rings. The monoisotopic (exact) mass is 389 g/mol. The molecular formula is C24H27N3O2. The number of benzene rings is 2. The van der Waals surface area contributed by atoms with Gasteiger partial charge in [0.15, 0.2) is 0 Å². The van der Waals surface area contributed by atoms with Crippen molar-refractivity contribution in [3.8, 4) is 5.75 Å². The molecule has 0 fully saturated rings. The number of nitrogens with one attached hydrogen (secondary N) is 1. The van der Waals surface area contributed by atoms with Gasteiger partial charge < -0.3 is 14.6 Å². The van der Waals surface area contributed by atoms with Crippen LogP contribution >= 0.6 is 0 Å². The zero-order valence-electron chi connectivity index (χ0n) is 17.3. The van der Waals surface area contributed by atoms with Crippen LogP contribution in [-0.4, -0.2) is 22.6 Å².